The van der Waals surface area contributed by atoms with Crippen LogP contribution in [0, 0.1) is 0 Å². The maximum absolute atomic E-state index is 5.85. The minimum absolute atomic E-state index is 0. The molecule has 1 saturated heterocycles. The van der Waals surface area contributed by atoms with Gasteiger partial charge in [-0.3, -0.25) is 4.99 Å². The summed E-state index contributed by atoms with van der Waals surface area (Å²) < 4.78 is 11.2. The number of hydrogen-bond donors (Lipinski definition) is 1. The predicted octanol–water partition coefficient (Wildman–Crippen LogP) is 2.50. The molecule has 0 aromatic heterocycles. The van der Waals surface area contributed by atoms with Gasteiger partial charge < -0.3 is 19.7 Å². The first-order chi connectivity index (χ1) is 9.77. The van der Waals surface area contributed by atoms with Crippen molar-refractivity contribution >= 4 is 29.9 Å². The molecule has 21 heavy (non-hydrogen) atoms. The van der Waals surface area contributed by atoms with Gasteiger partial charge in [-0.15, -0.1) is 24.0 Å². The Morgan fingerprint density at radius 3 is 2.67 bits per heavy atom. The molecule has 0 atom stereocenters. The minimum atomic E-state index is 0. The number of aliphatic imine (C=N–C) groups is 1. The Bertz CT molecular complexity index is 272. The molecule has 1 rings (SSSR count). The van der Waals surface area contributed by atoms with Gasteiger partial charge in [-0.25, -0.2) is 0 Å². The lowest BCUT2D eigenvalue weighted by Crippen LogP contribution is -2.40. The van der Waals surface area contributed by atoms with Crippen molar-refractivity contribution in [3.05, 3.63) is 0 Å². The highest BCUT2D eigenvalue weighted by molar-refractivity contribution is 14.0. The molecule has 5 nitrogen and oxygen atoms in total. The smallest absolute Gasteiger partial charge is 0.193 e. The van der Waals surface area contributed by atoms with Crippen molar-refractivity contribution in [1.82, 2.24) is 10.2 Å². The second kappa shape index (κ2) is 13.6. The van der Waals surface area contributed by atoms with Crippen LogP contribution in [0.5, 0.6) is 0 Å². The molecule has 126 valence electrons. The van der Waals surface area contributed by atoms with Crippen LogP contribution in [0.25, 0.3) is 0 Å². The zero-order valence-electron chi connectivity index (χ0n) is 13.8. The Hall–Kier alpha value is -0.0800. The number of hydrogen-bond acceptors (Lipinski definition) is 3. The van der Waals surface area contributed by atoms with E-state index in [9.17, 15) is 0 Å². The largest absolute Gasteiger partial charge is 0.381 e. The number of unbranched alkanes of at least 4 members (excludes halogenated alkanes) is 1. The number of ether oxygens (including phenoxy) is 2. The van der Waals surface area contributed by atoms with Gasteiger partial charge in [0, 0.05) is 47.0 Å². The molecular weight excluding hydrogens is 381 g/mol. The number of nitrogens with zero attached hydrogens (tertiary/aromatic N) is 2. The Morgan fingerprint density at radius 2 is 2.05 bits per heavy atom. The lowest BCUT2D eigenvalue weighted by Gasteiger charge is -2.23. The number of halogens is 1. The number of rotatable bonds is 8. The topological polar surface area (TPSA) is 46.1 Å². The molecule has 0 spiro atoms. The van der Waals surface area contributed by atoms with Gasteiger partial charge in [0.25, 0.3) is 0 Å². The van der Waals surface area contributed by atoms with Crippen LogP contribution in [0.4, 0.5) is 0 Å². The maximum Gasteiger partial charge on any atom is 0.193 e. The first kappa shape index (κ1) is 20.9. The van der Waals surface area contributed by atoms with E-state index in [1.54, 1.807) is 0 Å². The van der Waals surface area contributed by atoms with Gasteiger partial charge in [0.05, 0.1) is 6.10 Å². The van der Waals surface area contributed by atoms with E-state index in [0.29, 0.717) is 6.10 Å². The Balaban J connectivity index is 0.00000400. The highest BCUT2D eigenvalue weighted by Crippen LogP contribution is 2.10. The summed E-state index contributed by atoms with van der Waals surface area (Å²) >= 11 is 0. The van der Waals surface area contributed by atoms with Crippen LogP contribution in [0.15, 0.2) is 4.99 Å². The minimum Gasteiger partial charge on any atom is -0.381 e. The monoisotopic (exact) mass is 413 g/mol. The molecule has 6 heteroatoms. The lowest BCUT2D eigenvalue weighted by atomic mass is 10.1. The molecule has 0 bridgehead atoms. The zero-order chi connectivity index (χ0) is 14.6. The Morgan fingerprint density at radius 1 is 1.33 bits per heavy atom. The van der Waals surface area contributed by atoms with Crippen LogP contribution in [0.2, 0.25) is 0 Å². The average Bonchev–Trinajstić information content (AvgIpc) is 2.49. The van der Waals surface area contributed by atoms with Crippen LogP contribution in [0.3, 0.4) is 0 Å². The van der Waals surface area contributed by atoms with Crippen molar-refractivity contribution in [3.63, 3.8) is 0 Å². The summed E-state index contributed by atoms with van der Waals surface area (Å²) in [6.45, 7) is 6.67. The van der Waals surface area contributed by atoms with E-state index in [1.807, 2.05) is 7.05 Å². The highest BCUT2D eigenvalue weighted by atomic mass is 127. The fourth-order valence-corrected chi connectivity index (χ4v) is 2.25. The number of guanidine groups is 1. The molecule has 1 N–H and O–H groups in total. The third kappa shape index (κ3) is 9.52. The fourth-order valence-electron chi connectivity index (χ4n) is 2.25. The van der Waals surface area contributed by atoms with Crippen LogP contribution in [0.1, 0.15) is 39.0 Å². The van der Waals surface area contributed by atoms with E-state index >= 15 is 0 Å². The molecule has 0 unspecified atom stereocenters. The second-order valence-electron chi connectivity index (χ2n) is 5.29. The standard InChI is InChI=1S/C15H31N3O2.HI/c1-4-5-10-18(3)15(16-2)17-9-6-11-20-14-7-12-19-13-8-14;/h14H,4-13H2,1-3H3,(H,16,17);1H. The molecule has 0 aliphatic carbocycles. The number of nitrogens with one attached hydrogen (secondary N) is 1. The average molecular weight is 413 g/mol. The first-order valence-electron chi connectivity index (χ1n) is 7.89. The lowest BCUT2D eigenvalue weighted by molar-refractivity contribution is -0.0320. The van der Waals surface area contributed by atoms with Gasteiger partial charge >= 0.3 is 0 Å². The van der Waals surface area contributed by atoms with Crippen molar-refractivity contribution in [2.75, 3.05) is 47.0 Å². The van der Waals surface area contributed by atoms with Gasteiger partial charge in [-0.05, 0) is 25.7 Å². The highest BCUT2D eigenvalue weighted by Gasteiger charge is 2.13. The van der Waals surface area contributed by atoms with E-state index in [0.717, 1.165) is 58.1 Å². The quantitative estimate of drug-likeness (QED) is 0.288. The van der Waals surface area contributed by atoms with Crippen LogP contribution in [-0.4, -0.2) is 64.0 Å². The van der Waals surface area contributed by atoms with Gasteiger partial charge in [-0.1, -0.05) is 13.3 Å². The second-order valence-corrected chi connectivity index (χ2v) is 5.29. The van der Waals surface area contributed by atoms with E-state index in [-0.39, 0.29) is 24.0 Å². The first-order valence-corrected chi connectivity index (χ1v) is 7.89. The van der Waals surface area contributed by atoms with Crippen molar-refractivity contribution in [1.29, 1.82) is 0 Å². The summed E-state index contributed by atoms with van der Waals surface area (Å²) in [5, 5.41) is 3.39. The third-order valence-electron chi connectivity index (χ3n) is 3.55. The van der Waals surface area contributed by atoms with Crippen LogP contribution >= 0.6 is 24.0 Å². The molecule has 0 aromatic carbocycles. The summed E-state index contributed by atoms with van der Waals surface area (Å²) in [5.41, 5.74) is 0. The molecule has 0 saturated carbocycles. The van der Waals surface area contributed by atoms with Crippen molar-refractivity contribution in [3.8, 4) is 0 Å². The summed E-state index contributed by atoms with van der Waals surface area (Å²) in [7, 11) is 3.92. The van der Waals surface area contributed by atoms with E-state index < -0.39 is 0 Å². The van der Waals surface area contributed by atoms with Gasteiger partial charge in [0.1, 0.15) is 0 Å². The van der Waals surface area contributed by atoms with Crippen molar-refractivity contribution in [2.24, 2.45) is 4.99 Å². The summed E-state index contributed by atoms with van der Waals surface area (Å²) in [6, 6.07) is 0. The van der Waals surface area contributed by atoms with E-state index in [1.165, 1.54) is 12.8 Å². The molecule has 1 heterocycles. The molecule has 1 aliphatic rings. The molecule has 1 fully saturated rings. The van der Waals surface area contributed by atoms with Gasteiger partial charge in [0.15, 0.2) is 5.96 Å². The Labute approximate surface area is 146 Å². The SMILES string of the molecule is CCCCN(C)C(=NC)NCCCOC1CCOCC1.I. The molecule has 0 amide bonds. The normalized spacial score (nSPS) is 16.4. The Kier molecular flexibility index (Phi) is 13.5. The summed E-state index contributed by atoms with van der Waals surface area (Å²) in [6.07, 6.45) is 5.89. The van der Waals surface area contributed by atoms with E-state index in [2.05, 4.69) is 29.2 Å². The summed E-state index contributed by atoms with van der Waals surface area (Å²) in [5.74, 6) is 0.976. The molecular formula is C15H32IN3O2. The van der Waals surface area contributed by atoms with Gasteiger partial charge in [-0.2, -0.15) is 0 Å². The molecule has 0 aromatic rings. The zero-order valence-corrected chi connectivity index (χ0v) is 16.1. The maximum atomic E-state index is 5.85. The van der Waals surface area contributed by atoms with E-state index in [4.69, 9.17) is 9.47 Å². The summed E-state index contributed by atoms with van der Waals surface area (Å²) in [4.78, 5) is 6.49. The third-order valence-corrected chi connectivity index (χ3v) is 3.55. The predicted molar refractivity (Wildman–Crippen MR) is 98.7 cm³/mol. The van der Waals surface area contributed by atoms with Crippen LogP contribution < -0.4 is 5.32 Å². The van der Waals surface area contributed by atoms with Crippen molar-refractivity contribution in [2.45, 2.75) is 45.1 Å². The fraction of sp³-hybridized carbons (Fsp3) is 0.933. The van der Waals surface area contributed by atoms with Crippen molar-refractivity contribution < 1.29 is 9.47 Å². The van der Waals surface area contributed by atoms with Gasteiger partial charge in [0.2, 0.25) is 0 Å². The van der Waals surface area contributed by atoms with Crippen LogP contribution in [-0.2, 0) is 9.47 Å². The molecule has 0 radical (unpaired) electrons. The molecule has 1 aliphatic heterocycles.